The molecule has 0 spiro atoms. The molecule has 3 aromatic rings. The molecule has 0 unspecified atom stereocenters. The van der Waals surface area contributed by atoms with Crippen molar-refractivity contribution < 1.29 is 0 Å². The molecule has 0 N–H and O–H groups in total. The third-order valence-electron chi connectivity index (χ3n) is 3.37. The van der Waals surface area contributed by atoms with Crippen LogP contribution in [-0.4, -0.2) is 20.4 Å². The summed E-state index contributed by atoms with van der Waals surface area (Å²) in [6.45, 7) is 2.01. The first-order chi connectivity index (χ1) is 10.2. The van der Waals surface area contributed by atoms with Gasteiger partial charge in [-0.15, -0.1) is 11.6 Å². The molecule has 2 heterocycles. The number of imidazole rings is 1. The van der Waals surface area contributed by atoms with Gasteiger partial charge in [-0.05, 0) is 36.8 Å². The van der Waals surface area contributed by atoms with Gasteiger partial charge in [-0.25, -0.2) is 9.97 Å². The van der Waals surface area contributed by atoms with Gasteiger partial charge in [0.2, 0.25) is 0 Å². The van der Waals surface area contributed by atoms with E-state index in [-0.39, 0.29) is 0 Å². The third-order valence-corrected chi connectivity index (χ3v) is 3.56. The lowest BCUT2D eigenvalue weighted by Gasteiger charge is -2.08. The Labute approximate surface area is 127 Å². The summed E-state index contributed by atoms with van der Waals surface area (Å²) in [5.74, 6) is 1.34. The average molecular weight is 297 g/mol. The maximum atomic E-state index is 9.08. The van der Waals surface area contributed by atoms with Crippen LogP contribution in [0.15, 0.2) is 36.5 Å². The molecule has 104 valence electrons. The fourth-order valence-corrected chi connectivity index (χ4v) is 2.55. The largest absolute Gasteiger partial charge is 0.281 e. The molecule has 2 aromatic heterocycles. The molecule has 0 saturated carbocycles. The normalized spacial score (nSPS) is 10.7. The van der Waals surface area contributed by atoms with E-state index in [1.807, 2.05) is 35.8 Å². The Morgan fingerprint density at radius 3 is 2.95 bits per heavy atom. The van der Waals surface area contributed by atoms with Gasteiger partial charge in [0.1, 0.15) is 11.3 Å². The van der Waals surface area contributed by atoms with Crippen molar-refractivity contribution >= 4 is 22.8 Å². The molecule has 0 fully saturated rings. The van der Waals surface area contributed by atoms with Crippen molar-refractivity contribution in [1.82, 2.24) is 14.5 Å². The lowest BCUT2D eigenvalue weighted by atomic mass is 10.2. The molecule has 0 saturated heterocycles. The Kier molecular flexibility index (Phi) is 3.59. The minimum atomic E-state index is 0.486. The molecule has 21 heavy (non-hydrogen) atoms. The fraction of sp³-hybridized carbons (Fsp3) is 0.188. The summed E-state index contributed by atoms with van der Waals surface area (Å²) in [6, 6.07) is 11.5. The third kappa shape index (κ3) is 2.37. The first-order valence-electron chi connectivity index (χ1n) is 6.64. The molecule has 4 nitrogen and oxygen atoms in total. The highest BCUT2D eigenvalue weighted by Gasteiger charge is 2.14. The van der Waals surface area contributed by atoms with Crippen LogP contribution in [0.1, 0.15) is 17.0 Å². The van der Waals surface area contributed by atoms with E-state index >= 15 is 0 Å². The predicted molar refractivity (Wildman–Crippen MR) is 82.7 cm³/mol. The van der Waals surface area contributed by atoms with E-state index in [0.717, 1.165) is 28.2 Å². The molecule has 0 bridgehead atoms. The van der Waals surface area contributed by atoms with Crippen LogP contribution in [0.3, 0.4) is 0 Å². The molecule has 0 amide bonds. The van der Waals surface area contributed by atoms with Crippen LogP contribution in [0.25, 0.3) is 16.9 Å². The van der Waals surface area contributed by atoms with E-state index in [2.05, 4.69) is 16.0 Å². The zero-order chi connectivity index (χ0) is 14.8. The number of fused-ring (bicyclic) bond motifs is 1. The van der Waals surface area contributed by atoms with Gasteiger partial charge in [0.15, 0.2) is 5.65 Å². The monoisotopic (exact) mass is 296 g/mol. The average Bonchev–Trinajstić information content (AvgIpc) is 2.87. The summed E-state index contributed by atoms with van der Waals surface area (Å²) in [6.07, 6.45) is 2.42. The van der Waals surface area contributed by atoms with Crippen molar-refractivity contribution in [2.45, 2.75) is 13.3 Å². The number of nitriles is 1. The SMILES string of the molecule is Cc1ccnc2c1nc(CCCl)n2-c1cccc(C#N)c1. The van der Waals surface area contributed by atoms with Gasteiger partial charge in [0.25, 0.3) is 0 Å². The summed E-state index contributed by atoms with van der Waals surface area (Å²) in [5, 5.41) is 9.08. The Balaban J connectivity index is 2.31. The number of alkyl halides is 1. The highest BCUT2D eigenvalue weighted by atomic mass is 35.5. The predicted octanol–water partition coefficient (Wildman–Crippen LogP) is 3.38. The Morgan fingerprint density at radius 1 is 1.33 bits per heavy atom. The number of rotatable bonds is 3. The molecule has 5 heteroatoms. The van der Waals surface area contributed by atoms with E-state index in [4.69, 9.17) is 16.9 Å². The van der Waals surface area contributed by atoms with Gasteiger partial charge in [0, 0.05) is 18.5 Å². The number of pyridine rings is 1. The highest BCUT2D eigenvalue weighted by Crippen LogP contribution is 2.23. The van der Waals surface area contributed by atoms with Gasteiger partial charge in [-0.3, -0.25) is 4.57 Å². The first-order valence-corrected chi connectivity index (χ1v) is 7.17. The van der Waals surface area contributed by atoms with E-state index in [9.17, 15) is 0 Å². The Morgan fingerprint density at radius 2 is 2.19 bits per heavy atom. The molecule has 0 radical (unpaired) electrons. The van der Waals surface area contributed by atoms with E-state index in [0.29, 0.717) is 17.9 Å². The molecular formula is C16H13ClN4. The Hall–Kier alpha value is -2.38. The number of halogens is 1. The number of aryl methyl sites for hydroxylation is 2. The topological polar surface area (TPSA) is 54.5 Å². The molecule has 0 aliphatic heterocycles. The summed E-state index contributed by atoms with van der Waals surface area (Å²) in [7, 11) is 0. The van der Waals surface area contributed by atoms with Crippen LogP contribution in [0, 0.1) is 18.3 Å². The minimum Gasteiger partial charge on any atom is -0.281 e. The second kappa shape index (κ2) is 5.55. The second-order valence-corrected chi connectivity index (χ2v) is 5.14. The maximum absolute atomic E-state index is 9.08. The summed E-state index contributed by atoms with van der Waals surface area (Å²) < 4.78 is 1.98. The van der Waals surface area contributed by atoms with Gasteiger partial charge < -0.3 is 0 Å². The quantitative estimate of drug-likeness (QED) is 0.696. The Bertz CT molecular complexity index is 845. The summed E-state index contributed by atoms with van der Waals surface area (Å²) in [5.41, 5.74) is 4.24. The number of nitrogens with zero attached hydrogens (tertiary/aromatic N) is 4. The number of aromatic nitrogens is 3. The molecular weight excluding hydrogens is 284 g/mol. The van der Waals surface area contributed by atoms with Crippen LogP contribution in [0.2, 0.25) is 0 Å². The smallest absolute Gasteiger partial charge is 0.164 e. The van der Waals surface area contributed by atoms with Gasteiger partial charge >= 0.3 is 0 Å². The van der Waals surface area contributed by atoms with E-state index in [1.165, 1.54) is 0 Å². The van der Waals surface area contributed by atoms with Crippen LogP contribution in [0.5, 0.6) is 0 Å². The lowest BCUT2D eigenvalue weighted by Crippen LogP contribution is -2.03. The molecule has 0 aliphatic rings. The maximum Gasteiger partial charge on any atom is 0.164 e. The van der Waals surface area contributed by atoms with Crippen molar-refractivity contribution in [1.29, 1.82) is 5.26 Å². The van der Waals surface area contributed by atoms with Gasteiger partial charge in [-0.1, -0.05) is 6.07 Å². The van der Waals surface area contributed by atoms with Crippen LogP contribution < -0.4 is 0 Å². The van der Waals surface area contributed by atoms with Crippen LogP contribution in [-0.2, 0) is 6.42 Å². The van der Waals surface area contributed by atoms with E-state index in [1.54, 1.807) is 12.3 Å². The fourth-order valence-electron chi connectivity index (χ4n) is 2.38. The van der Waals surface area contributed by atoms with Crippen LogP contribution >= 0.6 is 11.6 Å². The molecule has 0 atom stereocenters. The molecule has 3 rings (SSSR count). The highest BCUT2D eigenvalue weighted by molar-refractivity contribution is 6.17. The number of hydrogen-bond donors (Lipinski definition) is 0. The van der Waals surface area contributed by atoms with Crippen molar-refractivity contribution in [2.75, 3.05) is 5.88 Å². The standard InChI is InChI=1S/C16H13ClN4/c1-11-6-8-19-16-15(11)20-14(5-7-17)21(16)13-4-2-3-12(9-13)10-18/h2-4,6,8-9H,5,7H2,1H3. The first kappa shape index (κ1) is 13.6. The number of benzene rings is 1. The molecule has 1 aromatic carbocycles. The van der Waals surface area contributed by atoms with Crippen molar-refractivity contribution in [2.24, 2.45) is 0 Å². The van der Waals surface area contributed by atoms with Crippen molar-refractivity contribution in [3.8, 4) is 11.8 Å². The van der Waals surface area contributed by atoms with Crippen molar-refractivity contribution in [3.63, 3.8) is 0 Å². The van der Waals surface area contributed by atoms with Gasteiger partial charge in [-0.2, -0.15) is 5.26 Å². The van der Waals surface area contributed by atoms with Crippen LogP contribution in [0.4, 0.5) is 0 Å². The summed E-state index contributed by atoms with van der Waals surface area (Å²) in [4.78, 5) is 9.12. The zero-order valence-electron chi connectivity index (χ0n) is 11.5. The van der Waals surface area contributed by atoms with E-state index < -0.39 is 0 Å². The number of hydrogen-bond acceptors (Lipinski definition) is 3. The zero-order valence-corrected chi connectivity index (χ0v) is 12.3. The lowest BCUT2D eigenvalue weighted by molar-refractivity contribution is 0.905. The van der Waals surface area contributed by atoms with Crippen molar-refractivity contribution in [3.05, 3.63) is 53.5 Å². The molecule has 0 aliphatic carbocycles. The van der Waals surface area contributed by atoms with Gasteiger partial charge in [0.05, 0.1) is 17.3 Å². The minimum absolute atomic E-state index is 0.486. The second-order valence-electron chi connectivity index (χ2n) is 4.76. The summed E-state index contributed by atoms with van der Waals surface area (Å²) >= 11 is 5.90.